The number of aromatic nitrogens is 2. The van der Waals surface area contributed by atoms with E-state index in [0.29, 0.717) is 18.0 Å². The topological polar surface area (TPSA) is 74.8 Å². The van der Waals surface area contributed by atoms with Crippen molar-refractivity contribution in [3.63, 3.8) is 0 Å². The second kappa shape index (κ2) is 3.83. The number of H-pyrrole nitrogens is 1. The molecular formula is C8H9N3O2S. The van der Waals surface area contributed by atoms with Gasteiger partial charge in [-0.3, -0.25) is 14.9 Å². The van der Waals surface area contributed by atoms with Crippen molar-refractivity contribution in [1.82, 2.24) is 15.3 Å². The lowest BCUT2D eigenvalue weighted by Crippen LogP contribution is -2.42. The number of carbonyl (C=O) groups excluding carboxylic acids is 2. The molecule has 0 saturated carbocycles. The first-order chi connectivity index (χ1) is 6.75. The quantitative estimate of drug-likeness (QED) is 0.690. The summed E-state index contributed by atoms with van der Waals surface area (Å²) in [6.45, 7) is 0. The Morgan fingerprint density at radius 2 is 2.36 bits per heavy atom. The molecule has 1 aliphatic rings. The number of aromatic amines is 1. The van der Waals surface area contributed by atoms with E-state index < -0.39 is 0 Å². The van der Waals surface area contributed by atoms with Gasteiger partial charge < -0.3 is 4.98 Å². The highest BCUT2D eigenvalue weighted by Crippen LogP contribution is 2.24. The molecule has 5 nitrogen and oxygen atoms in total. The molecule has 1 atom stereocenters. The third kappa shape index (κ3) is 1.95. The zero-order valence-electron chi connectivity index (χ0n) is 7.32. The van der Waals surface area contributed by atoms with Crippen LogP contribution in [-0.2, 0) is 9.59 Å². The maximum atomic E-state index is 11.3. The van der Waals surface area contributed by atoms with Gasteiger partial charge in [-0.05, 0) is 6.42 Å². The van der Waals surface area contributed by atoms with Crippen molar-refractivity contribution in [3.05, 3.63) is 12.4 Å². The highest BCUT2D eigenvalue weighted by atomic mass is 32.2. The van der Waals surface area contributed by atoms with Crippen LogP contribution in [0.5, 0.6) is 0 Å². The van der Waals surface area contributed by atoms with Gasteiger partial charge in [0.1, 0.15) is 0 Å². The summed E-state index contributed by atoms with van der Waals surface area (Å²) in [6, 6.07) is 0. The van der Waals surface area contributed by atoms with Gasteiger partial charge in [0.05, 0.1) is 5.25 Å². The summed E-state index contributed by atoms with van der Waals surface area (Å²) in [5.41, 5.74) is 0. The number of piperidine rings is 1. The van der Waals surface area contributed by atoms with Gasteiger partial charge in [0, 0.05) is 18.8 Å². The third-order valence-corrected chi connectivity index (χ3v) is 3.10. The summed E-state index contributed by atoms with van der Waals surface area (Å²) in [4.78, 5) is 29.1. The summed E-state index contributed by atoms with van der Waals surface area (Å²) in [5, 5.41) is 2.80. The predicted octanol–water partition coefficient (Wildman–Crippen LogP) is 0.307. The Labute approximate surface area is 84.7 Å². The number of hydrogen-bond donors (Lipinski definition) is 2. The lowest BCUT2D eigenvalue weighted by Gasteiger charge is -2.18. The van der Waals surface area contributed by atoms with E-state index in [9.17, 15) is 9.59 Å². The Balaban J connectivity index is 1.99. The largest absolute Gasteiger partial charge is 0.340 e. The van der Waals surface area contributed by atoms with Crippen molar-refractivity contribution in [2.75, 3.05) is 0 Å². The van der Waals surface area contributed by atoms with E-state index in [1.54, 1.807) is 12.4 Å². The maximum Gasteiger partial charge on any atom is 0.240 e. The number of thioether (sulfide) groups is 1. The van der Waals surface area contributed by atoms with E-state index >= 15 is 0 Å². The first-order valence-electron chi connectivity index (χ1n) is 4.25. The van der Waals surface area contributed by atoms with Crippen molar-refractivity contribution in [1.29, 1.82) is 0 Å². The molecule has 74 valence electrons. The Kier molecular flexibility index (Phi) is 2.53. The van der Waals surface area contributed by atoms with Crippen molar-refractivity contribution < 1.29 is 9.59 Å². The monoisotopic (exact) mass is 211 g/mol. The van der Waals surface area contributed by atoms with Crippen molar-refractivity contribution in [2.24, 2.45) is 0 Å². The minimum Gasteiger partial charge on any atom is -0.340 e. The summed E-state index contributed by atoms with van der Waals surface area (Å²) in [5.74, 6) is -0.408. The van der Waals surface area contributed by atoms with E-state index in [0.717, 1.165) is 0 Å². The molecule has 6 heteroatoms. The smallest absolute Gasteiger partial charge is 0.240 e. The average molecular weight is 211 g/mol. The summed E-state index contributed by atoms with van der Waals surface area (Å²) in [7, 11) is 0. The average Bonchev–Trinajstić information content (AvgIpc) is 2.62. The van der Waals surface area contributed by atoms with Crippen LogP contribution in [0.3, 0.4) is 0 Å². The van der Waals surface area contributed by atoms with Crippen LogP contribution in [0.4, 0.5) is 0 Å². The number of nitrogens with zero attached hydrogens (tertiary/aromatic N) is 1. The number of carbonyl (C=O) groups is 2. The fraction of sp³-hybridized carbons (Fsp3) is 0.375. The van der Waals surface area contributed by atoms with Gasteiger partial charge in [0.25, 0.3) is 0 Å². The van der Waals surface area contributed by atoms with Crippen LogP contribution < -0.4 is 5.32 Å². The van der Waals surface area contributed by atoms with Gasteiger partial charge in [-0.25, -0.2) is 4.98 Å². The van der Waals surface area contributed by atoms with Crippen LogP contribution in [0.15, 0.2) is 17.6 Å². The van der Waals surface area contributed by atoms with E-state index in [1.807, 2.05) is 0 Å². The third-order valence-electron chi connectivity index (χ3n) is 1.92. The predicted molar refractivity (Wildman–Crippen MR) is 50.6 cm³/mol. The second-order valence-corrected chi connectivity index (χ2v) is 4.14. The van der Waals surface area contributed by atoms with Crippen LogP contribution in [0.1, 0.15) is 12.8 Å². The molecule has 0 aliphatic carbocycles. The van der Waals surface area contributed by atoms with Gasteiger partial charge in [0.15, 0.2) is 5.16 Å². The molecule has 2 amide bonds. The van der Waals surface area contributed by atoms with Crippen LogP contribution in [0, 0.1) is 0 Å². The summed E-state index contributed by atoms with van der Waals surface area (Å²) >= 11 is 1.35. The molecule has 1 unspecified atom stereocenters. The molecule has 1 saturated heterocycles. The number of imide groups is 1. The number of hydrogen-bond acceptors (Lipinski definition) is 4. The lowest BCUT2D eigenvalue weighted by molar-refractivity contribution is -0.132. The van der Waals surface area contributed by atoms with Crippen molar-refractivity contribution in [2.45, 2.75) is 23.2 Å². The maximum absolute atomic E-state index is 11.3. The Hall–Kier alpha value is -1.30. The molecule has 2 heterocycles. The minimum atomic E-state index is -0.220. The van der Waals surface area contributed by atoms with Crippen molar-refractivity contribution in [3.8, 4) is 0 Å². The van der Waals surface area contributed by atoms with E-state index in [2.05, 4.69) is 15.3 Å². The number of amides is 2. The number of nitrogens with one attached hydrogen (secondary N) is 2. The molecule has 0 radical (unpaired) electrons. The molecule has 2 N–H and O–H groups in total. The van der Waals surface area contributed by atoms with Crippen LogP contribution in [-0.4, -0.2) is 27.0 Å². The zero-order valence-corrected chi connectivity index (χ0v) is 8.13. The molecular weight excluding hydrogens is 202 g/mol. The molecule has 1 aliphatic heterocycles. The molecule has 1 aromatic heterocycles. The fourth-order valence-corrected chi connectivity index (χ4v) is 2.17. The fourth-order valence-electron chi connectivity index (χ4n) is 1.24. The van der Waals surface area contributed by atoms with E-state index in [4.69, 9.17) is 0 Å². The molecule has 0 bridgehead atoms. The first-order valence-corrected chi connectivity index (χ1v) is 5.13. The summed E-state index contributed by atoms with van der Waals surface area (Å²) in [6.07, 6.45) is 4.32. The SMILES string of the molecule is O=C1CCC(Sc2ncc[nH]2)C(=O)N1. The molecule has 0 spiro atoms. The van der Waals surface area contributed by atoms with Gasteiger partial charge in [-0.15, -0.1) is 0 Å². The standard InChI is InChI=1S/C8H9N3O2S/c12-6-2-1-5(7(13)11-6)14-8-9-3-4-10-8/h3-5H,1-2H2,(H,9,10)(H,11,12,13). The summed E-state index contributed by atoms with van der Waals surface area (Å²) < 4.78 is 0. The van der Waals surface area contributed by atoms with E-state index in [-0.39, 0.29) is 17.1 Å². The molecule has 14 heavy (non-hydrogen) atoms. The molecule has 1 aromatic rings. The second-order valence-electron chi connectivity index (χ2n) is 2.95. The Morgan fingerprint density at radius 1 is 1.50 bits per heavy atom. The zero-order chi connectivity index (χ0) is 9.97. The highest BCUT2D eigenvalue weighted by molar-refractivity contribution is 8.00. The molecule has 2 rings (SSSR count). The van der Waals surface area contributed by atoms with Crippen LogP contribution in [0.25, 0.3) is 0 Å². The highest BCUT2D eigenvalue weighted by Gasteiger charge is 2.27. The molecule has 0 aromatic carbocycles. The lowest BCUT2D eigenvalue weighted by atomic mass is 10.1. The first kappa shape index (κ1) is 9.26. The number of imidazole rings is 1. The van der Waals surface area contributed by atoms with Gasteiger partial charge >= 0.3 is 0 Å². The van der Waals surface area contributed by atoms with Gasteiger partial charge in [-0.1, -0.05) is 11.8 Å². The molecule has 1 fully saturated rings. The minimum absolute atomic E-state index is 0.189. The van der Waals surface area contributed by atoms with Crippen molar-refractivity contribution >= 4 is 23.6 Å². The van der Waals surface area contributed by atoms with Crippen LogP contribution in [0.2, 0.25) is 0 Å². The van der Waals surface area contributed by atoms with E-state index in [1.165, 1.54) is 11.8 Å². The Morgan fingerprint density at radius 3 is 3.00 bits per heavy atom. The van der Waals surface area contributed by atoms with Crippen LogP contribution >= 0.6 is 11.8 Å². The normalized spacial score (nSPS) is 22.1. The Bertz CT molecular complexity index is 349. The number of rotatable bonds is 2. The van der Waals surface area contributed by atoms with Gasteiger partial charge in [0.2, 0.25) is 11.8 Å². The van der Waals surface area contributed by atoms with Gasteiger partial charge in [-0.2, -0.15) is 0 Å².